The molecule has 2 aromatic rings. The van der Waals surface area contributed by atoms with Crippen LogP contribution in [0, 0.1) is 11.6 Å². The Labute approximate surface area is 113 Å². The van der Waals surface area contributed by atoms with Crippen LogP contribution >= 0.6 is 0 Å². The van der Waals surface area contributed by atoms with Crippen molar-refractivity contribution >= 4 is 5.69 Å². The molecule has 3 rings (SSSR count). The number of hydrogen-bond acceptors (Lipinski definition) is 5. The van der Waals surface area contributed by atoms with Crippen molar-refractivity contribution in [2.75, 3.05) is 12.3 Å². The summed E-state index contributed by atoms with van der Waals surface area (Å²) < 4.78 is 36.8. The third-order valence-corrected chi connectivity index (χ3v) is 3.23. The van der Waals surface area contributed by atoms with Gasteiger partial charge < -0.3 is 15.0 Å². The van der Waals surface area contributed by atoms with Gasteiger partial charge in [0.15, 0.2) is 17.5 Å². The van der Waals surface area contributed by atoms with E-state index >= 15 is 0 Å². The summed E-state index contributed by atoms with van der Waals surface area (Å²) in [5, 5.41) is 3.81. The lowest BCUT2D eigenvalue weighted by Gasteiger charge is -2.04. The number of benzene rings is 1. The predicted octanol–water partition coefficient (Wildman–Crippen LogP) is 2.32. The molecule has 1 aliphatic heterocycles. The molecule has 1 saturated heterocycles. The number of ether oxygens (including phenoxy) is 1. The van der Waals surface area contributed by atoms with Crippen LogP contribution in [0.15, 0.2) is 16.7 Å². The van der Waals surface area contributed by atoms with E-state index in [-0.39, 0.29) is 23.2 Å². The minimum atomic E-state index is -1.01. The topological polar surface area (TPSA) is 74.2 Å². The Kier molecular flexibility index (Phi) is 3.35. The Morgan fingerprint density at radius 1 is 1.30 bits per heavy atom. The van der Waals surface area contributed by atoms with Crippen LogP contribution in [-0.2, 0) is 11.2 Å². The lowest BCUT2D eigenvalue weighted by Crippen LogP contribution is -2.09. The monoisotopic (exact) mass is 281 g/mol. The van der Waals surface area contributed by atoms with Crippen LogP contribution in [0.2, 0.25) is 0 Å². The first-order valence-electron chi connectivity index (χ1n) is 6.32. The number of hydrogen-bond donors (Lipinski definition) is 1. The van der Waals surface area contributed by atoms with E-state index in [1.165, 1.54) is 0 Å². The van der Waals surface area contributed by atoms with Crippen LogP contribution in [-0.4, -0.2) is 22.9 Å². The molecular weight excluding hydrogens is 268 g/mol. The first-order chi connectivity index (χ1) is 9.63. The number of nitrogens with two attached hydrogens (primary N) is 1. The van der Waals surface area contributed by atoms with Gasteiger partial charge in [-0.1, -0.05) is 5.16 Å². The maximum Gasteiger partial charge on any atom is 0.260 e. The third kappa shape index (κ3) is 2.49. The Morgan fingerprint density at radius 2 is 2.10 bits per heavy atom. The van der Waals surface area contributed by atoms with Crippen molar-refractivity contribution in [1.82, 2.24) is 10.1 Å². The average molecular weight is 281 g/mol. The Hall–Kier alpha value is -2.02. The third-order valence-electron chi connectivity index (χ3n) is 3.23. The summed E-state index contributed by atoms with van der Waals surface area (Å²) in [6.07, 6.45) is 2.60. The van der Waals surface area contributed by atoms with E-state index in [9.17, 15) is 8.78 Å². The van der Waals surface area contributed by atoms with Crippen molar-refractivity contribution in [1.29, 1.82) is 0 Å². The van der Waals surface area contributed by atoms with E-state index in [0.717, 1.165) is 31.6 Å². The molecule has 1 aliphatic rings. The SMILES string of the molecule is Nc1cc(F)c(F)cc1-c1nc(CC2CCCO2)no1. The Bertz CT molecular complexity index is 624. The summed E-state index contributed by atoms with van der Waals surface area (Å²) in [7, 11) is 0. The molecule has 0 radical (unpaired) electrons. The van der Waals surface area contributed by atoms with Crippen molar-refractivity contribution in [3.8, 4) is 11.5 Å². The molecule has 20 heavy (non-hydrogen) atoms. The van der Waals surface area contributed by atoms with Crippen LogP contribution in [0.4, 0.5) is 14.5 Å². The summed E-state index contributed by atoms with van der Waals surface area (Å²) >= 11 is 0. The molecule has 106 valence electrons. The lowest BCUT2D eigenvalue weighted by atomic mass is 10.1. The van der Waals surface area contributed by atoms with Gasteiger partial charge in [0, 0.05) is 24.8 Å². The van der Waals surface area contributed by atoms with Gasteiger partial charge in [-0.15, -0.1) is 0 Å². The van der Waals surface area contributed by atoms with Gasteiger partial charge >= 0.3 is 0 Å². The molecule has 0 spiro atoms. The van der Waals surface area contributed by atoms with E-state index in [1.54, 1.807) is 0 Å². The molecule has 0 aliphatic carbocycles. The number of nitrogens with zero attached hydrogens (tertiary/aromatic N) is 2. The normalized spacial score (nSPS) is 18.6. The van der Waals surface area contributed by atoms with Gasteiger partial charge in [0.2, 0.25) is 0 Å². The first kappa shape index (κ1) is 13.0. The summed E-state index contributed by atoms with van der Waals surface area (Å²) in [5.41, 5.74) is 5.88. The van der Waals surface area contributed by atoms with Crippen LogP contribution in [0.5, 0.6) is 0 Å². The van der Waals surface area contributed by atoms with Crippen molar-refractivity contribution in [2.24, 2.45) is 0 Å². The first-order valence-corrected chi connectivity index (χ1v) is 6.32. The lowest BCUT2D eigenvalue weighted by molar-refractivity contribution is 0.109. The molecule has 5 nitrogen and oxygen atoms in total. The molecule has 0 saturated carbocycles. The summed E-state index contributed by atoms with van der Waals surface area (Å²) in [4.78, 5) is 4.15. The van der Waals surface area contributed by atoms with Gasteiger partial charge in [0.25, 0.3) is 5.89 Å². The zero-order valence-electron chi connectivity index (χ0n) is 10.6. The summed E-state index contributed by atoms with van der Waals surface area (Å²) in [6.45, 7) is 0.742. The van der Waals surface area contributed by atoms with Crippen molar-refractivity contribution < 1.29 is 18.0 Å². The predicted molar refractivity (Wildman–Crippen MR) is 66.7 cm³/mol. The standard InChI is InChI=1S/C13H13F2N3O2/c14-9-5-8(11(16)6-10(9)15)13-17-12(18-20-13)4-7-2-1-3-19-7/h5-7H,1-4,16H2. The zero-order valence-corrected chi connectivity index (χ0v) is 10.6. The van der Waals surface area contributed by atoms with E-state index in [1.807, 2.05) is 0 Å². The fourth-order valence-electron chi connectivity index (χ4n) is 2.20. The number of anilines is 1. The molecule has 7 heteroatoms. The number of halogens is 2. The van der Waals surface area contributed by atoms with Gasteiger partial charge in [-0.05, 0) is 18.9 Å². The second kappa shape index (κ2) is 5.16. The van der Waals surface area contributed by atoms with Crippen LogP contribution in [0.25, 0.3) is 11.5 Å². The van der Waals surface area contributed by atoms with Crippen molar-refractivity contribution in [3.05, 3.63) is 29.6 Å². The largest absolute Gasteiger partial charge is 0.398 e. The molecule has 1 atom stereocenters. The highest BCUT2D eigenvalue weighted by molar-refractivity contribution is 5.70. The van der Waals surface area contributed by atoms with Crippen LogP contribution in [0.3, 0.4) is 0 Å². The second-order valence-corrected chi connectivity index (χ2v) is 4.71. The van der Waals surface area contributed by atoms with Gasteiger partial charge in [-0.2, -0.15) is 4.98 Å². The summed E-state index contributed by atoms with van der Waals surface area (Å²) in [5.74, 6) is -1.47. The molecule has 2 heterocycles. The van der Waals surface area contributed by atoms with Gasteiger partial charge in [-0.25, -0.2) is 8.78 Å². The highest BCUT2D eigenvalue weighted by Crippen LogP contribution is 2.27. The van der Waals surface area contributed by atoms with E-state index in [4.69, 9.17) is 15.0 Å². The zero-order chi connectivity index (χ0) is 14.1. The molecular formula is C13H13F2N3O2. The maximum atomic E-state index is 13.2. The van der Waals surface area contributed by atoms with Crippen LogP contribution < -0.4 is 5.73 Å². The molecule has 0 bridgehead atoms. The van der Waals surface area contributed by atoms with Crippen molar-refractivity contribution in [2.45, 2.75) is 25.4 Å². The fraction of sp³-hybridized carbons (Fsp3) is 0.385. The molecule has 1 unspecified atom stereocenters. The highest BCUT2D eigenvalue weighted by Gasteiger charge is 2.20. The quantitative estimate of drug-likeness (QED) is 0.874. The molecule has 1 aromatic heterocycles. The molecule has 1 aromatic carbocycles. The average Bonchev–Trinajstić information content (AvgIpc) is 3.06. The van der Waals surface area contributed by atoms with Gasteiger partial charge in [0.1, 0.15) is 0 Å². The smallest absolute Gasteiger partial charge is 0.260 e. The number of aromatic nitrogens is 2. The Morgan fingerprint density at radius 3 is 2.85 bits per heavy atom. The number of rotatable bonds is 3. The van der Waals surface area contributed by atoms with Gasteiger partial charge in [0.05, 0.1) is 11.7 Å². The summed E-state index contributed by atoms with van der Waals surface area (Å²) in [6, 6.07) is 1.85. The molecule has 1 fully saturated rings. The maximum absolute atomic E-state index is 13.2. The minimum Gasteiger partial charge on any atom is -0.398 e. The number of nitrogen functional groups attached to an aromatic ring is 1. The van der Waals surface area contributed by atoms with E-state index in [0.29, 0.717) is 12.2 Å². The van der Waals surface area contributed by atoms with Gasteiger partial charge in [-0.3, -0.25) is 0 Å². The highest BCUT2D eigenvalue weighted by atomic mass is 19.2. The second-order valence-electron chi connectivity index (χ2n) is 4.71. The fourth-order valence-corrected chi connectivity index (χ4v) is 2.20. The van der Waals surface area contributed by atoms with E-state index < -0.39 is 11.6 Å². The molecule has 2 N–H and O–H groups in total. The van der Waals surface area contributed by atoms with Crippen LogP contribution in [0.1, 0.15) is 18.7 Å². The minimum absolute atomic E-state index is 0.0521. The molecule has 0 amide bonds. The Balaban J connectivity index is 1.84. The van der Waals surface area contributed by atoms with E-state index in [2.05, 4.69) is 10.1 Å². The van der Waals surface area contributed by atoms with Crippen molar-refractivity contribution in [3.63, 3.8) is 0 Å².